The molecule has 1 heteroatoms. The zero-order valence-corrected chi connectivity index (χ0v) is 11.0. The molecule has 0 aliphatic heterocycles. The van der Waals surface area contributed by atoms with Gasteiger partial charge in [0.05, 0.1) is 0 Å². The van der Waals surface area contributed by atoms with Gasteiger partial charge in [-0.1, -0.05) is 49.3 Å². The minimum atomic E-state index is -0.0666. The van der Waals surface area contributed by atoms with Crippen LogP contribution in [0.15, 0.2) is 47.4 Å². The van der Waals surface area contributed by atoms with Gasteiger partial charge in [0.1, 0.15) is 5.83 Å². The molecule has 0 fully saturated rings. The smallest absolute Gasteiger partial charge is 0.102 e. The highest BCUT2D eigenvalue weighted by Crippen LogP contribution is 2.12. The molecule has 90 valence electrons. The predicted octanol–water partition coefficient (Wildman–Crippen LogP) is 5.35. The van der Waals surface area contributed by atoms with Gasteiger partial charge in [0.15, 0.2) is 0 Å². The van der Waals surface area contributed by atoms with Gasteiger partial charge in [-0.3, -0.25) is 0 Å². The van der Waals surface area contributed by atoms with Crippen molar-refractivity contribution in [3.05, 3.63) is 47.4 Å². The summed E-state index contributed by atoms with van der Waals surface area (Å²) in [5, 5.41) is 0. The maximum absolute atomic E-state index is 13.1. The third-order valence-corrected chi connectivity index (χ3v) is 2.46. The lowest BCUT2D eigenvalue weighted by molar-refractivity contribution is 0.520. The molecule has 0 N–H and O–H groups in total. The molecule has 0 saturated heterocycles. The van der Waals surface area contributed by atoms with E-state index < -0.39 is 0 Å². The molecule has 0 aliphatic rings. The summed E-state index contributed by atoms with van der Waals surface area (Å²) < 4.78 is 13.1. The summed E-state index contributed by atoms with van der Waals surface area (Å²) in [4.78, 5) is 0. The number of hydrogen-bond acceptors (Lipinski definition) is 0. The summed E-state index contributed by atoms with van der Waals surface area (Å²) in [5.74, 6) is -0.0888. The zero-order chi connectivity index (χ0) is 12.6. The minimum Gasteiger partial charge on any atom is -0.212 e. The van der Waals surface area contributed by atoms with Crippen LogP contribution in [0, 0.1) is 5.92 Å². The Balaban J connectivity index is 4.31. The Morgan fingerprint density at radius 1 is 1.25 bits per heavy atom. The Kier molecular flexibility index (Phi) is 7.53. The van der Waals surface area contributed by atoms with Crippen LogP contribution < -0.4 is 0 Å². The standard InChI is InChI=1S/C15H23F/c1-6-9-13(4)14(5)10-7-8-11-15(16)12(2)3/h6-9,11-12H,10H2,1-5H3/b8-7-,9-6?,14-13-,15-11+. The molecule has 0 unspecified atom stereocenters. The second-order valence-corrected chi connectivity index (χ2v) is 4.30. The predicted molar refractivity (Wildman–Crippen MR) is 71.0 cm³/mol. The van der Waals surface area contributed by atoms with Crippen molar-refractivity contribution in [1.82, 2.24) is 0 Å². The molecule has 0 saturated carbocycles. The molecule has 0 aliphatic carbocycles. The van der Waals surface area contributed by atoms with E-state index in [1.165, 1.54) is 11.1 Å². The van der Waals surface area contributed by atoms with Gasteiger partial charge < -0.3 is 0 Å². The van der Waals surface area contributed by atoms with Crippen LogP contribution in [0.1, 0.15) is 41.0 Å². The molecule has 0 nitrogen and oxygen atoms in total. The molecule has 0 amide bonds. The minimum absolute atomic E-state index is 0.0222. The Morgan fingerprint density at radius 2 is 1.88 bits per heavy atom. The molecule has 0 rings (SSSR count). The van der Waals surface area contributed by atoms with E-state index in [9.17, 15) is 4.39 Å². The van der Waals surface area contributed by atoms with Crippen LogP contribution in [0.3, 0.4) is 0 Å². The number of hydrogen-bond donors (Lipinski definition) is 0. The monoisotopic (exact) mass is 222 g/mol. The van der Waals surface area contributed by atoms with Crippen LogP contribution in [0.5, 0.6) is 0 Å². The van der Waals surface area contributed by atoms with Gasteiger partial charge in [0, 0.05) is 5.92 Å². The highest BCUT2D eigenvalue weighted by atomic mass is 19.1. The Hall–Kier alpha value is -1.11. The Bertz CT molecular complexity index is 314. The van der Waals surface area contributed by atoms with E-state index in [1.807, 2.05) is 32.9 Å². The van der Waals surface area contributed by atoms with Crippen molar-refractivity contribution in [1.29, 1.82) is 0 Å². The summed E-state index contributed by atoms with van der Waals surface area (Å²) in [6, 6.07) is 0. The molecule has 0 aromatic heterocycles. The molecule has 0 bridgehead atoms. The summed E-state index contributed by atoms with van der Waals surface area (Å²) in [6.45, 7) is 9.89. The van der Waals surface area contributed by atoms with Gasteiger partial charge in [0.2, 0.25) is 0 Å². The topological polar surface area (TPSA) is 0 Å². The molecule has 0 radical (unpaired) electrons. The van der Waals surface area contributed by atoms with Crippen LogP contribution in [-0.2, 0) is 0 Å². The van der Waals surface area contributed by atoms with E-state index in [0.717, 1.165) is 6.42 Å². The van der Waals surface area contributed by atoms with Crippen molar-refractivity contribution in [2.24, 2.45) is 5.92 Å². The van der Waals surface area contributed by atoms with Crippen molar-refractivity contribution in [3.8, 4) is 0 Å². The van der Waals surface area contributed by atoms with Crippen molar-refractivity contribution < 1.29 is 4.39 Å². The maximum Gasteiger partial charge on any atom is 0.102 e. The van der Waals surface area contributed by atoms with Gasteiger partial charge in [0.25, 0.3) is 0 Å². The van der Waals surface area contributed by atoms with Crippen molar-refractivity contribution in [3.63, 3.8) is 0 Å². The first kappa shape index (κ1) is 14.9. The van der Waals surface area contributed by atoms with Crippen molar-refractivity contribution in [2.45, 2.75) is 41.0 Å². The second-order valence-electron chi connectivity index (χ2n) is 4.30. The van der Waals surface area contributed by atoms with E-state index in [0.29, 0.717) is 0 Å². The lowest BCUT2D eigenvalue weighted by atomic mass is 10.1. The number of rotatable bonds is 5. The average Bonchev–Trinajstić information content (AvgIpc) is 2.23. The van der Waals surface area contributed by atoms with Gasteiger partial charge in [-0.05, 0) is 33.3 Å². The zero-order valence-electron chi connectivity index (χ0n) is 11.0. The van der Waals surface area contributed by atoms with E-state index >= 15 is 0 Å². The highest BCUT2D eigenvalue weighted by Gasteiger charge is 1.97. The maximum atomic E-state index is 13.1. The normalized spacial score (nSPS) is 15.3. The Labute approximate surface area is 99.3 Å². The van der Waals surface area contributed by atoms with Gasteiger partial charge in [-0.2, -0.15) is 0 Å². The lowest BCUT2D eigenvalue weighted by Crippen LogP contribution is -1.85. The molecule has 16 heavy (non-hydrogen) atoms. The second kappa shape index (κ2) is 8.09. The summed E-state index contributed by atoms with van der Waals surface area (Å²) in [6.07, 6.45) is 10.3. The van der Waals surface area contributed by atoms with Gasteiger partial charge in [-0.15, -0.1) is 0 Å². The van der Waals surface area contributed by atoms with Crippen LogP contribution in [0.2, 0.25) is 0 Å². The van der Waals surface area contributed by atoms with Crippen LogP contribution in [0.25, 0.3) is 0 Å². The van der Waals surface area contributed by atoms with E-state index in [4.69, 9.17) is 0 Å². The first-order valence-electron chi connectivity index (χ1n) is 5.80. The molecule has 0 atom stereocenters. The average molecular weight is 222 g/mol. The fraction of sp³-hybridized carbons (Fsp3) is 0.467. The van der Waals surface area contributed by atoms with Gasteiger partial charge >= 0.3 is 0 Å². The van der Waals surface area contributed by atoms with Crippen LogP contribution >= 0.6 is 0 Å². The van der Waals surface area contributed by atoms with Crippen LogP contribution in [0.4, 0.5) is 4.39 Å². The number of allylic oxidation sites excluding steroid dienone is 8. The van der Waals surface area contributed by atoms with Crippen LogP contribution in [-0.4, -0.2) is 0 Å². The SMILES string of the molecule is CC=C/C(C)=C(/C)C/C=C\C=C(\F)C(C)C. The lowest BCUT2D eigenvalue weighted by Gasteiger charge is -2.00. The van der Waals surface area contributed by atoms with Crippen molar-refractivity contribution >= 4 is 0 Å². The van der Waals surface area contributed by atoms with E-state index in [-0.39, 0.29) is 11.7 Å². The van der Waals surface area contributed by atoms with E-state index in [2.05, 4.69) is 19.9 Å². The molecule has 0 aromatic rings. The quantitative estimate of drug-likeness (QED) is 0.550. The highest BCUT2D eigenvalue weighted by molar-refractivity contribution is 5.24. The largest absolute Gasteiger partial charge is 0.212 e. The Morgan fingerprint density at radius 3 is 2.38 bits per heavy atom. The fourth-order valence-electron chi connectivity index (χ4n) is 1.15. The fourth-order valence-corrected chi connectivity index (χ4v) is 1.15. The first-order chi connectivity index (χ1) is 7.49. The summed E-state index contributed by atoms with van der Waals surface area (Å²) >= 11 is 0. The van der Waals surface area contributed by atoms with E-state index in [1.54, 1.807) is 12.2 Å². The first-order valence-corrected chi connectivity index (χ1v) is 5.80. The molecular formula is C15H23F. The molecular weight excluding hydrogens is 199 g/mol. The third-order valence-electron chi connectivity index (χ3n) is 2.46. The third kappa shape index (κ3) is 6.39. The van der Waals surface area contributed by atoms with Gasteiger partial charge in [-0.25, -0.2) is 4.39 Å². The molecule has 0 spiro atoms. The molecule has 0 aromatic carbocycles. The van der Waals surface area contributed by atoms with Crippen molar-refractivity contribution in [2.75, 3.05) is 0 Å². The number of halogens is 1. The summed E-state index contributed by atoms with van der Waals surface area (Å²) in [5.41, 5.74) is 2.59. The summed E-state index contributed by atoms with van der Waals surface area (Å²) in [7, 11) is 0. The molecule has 0 heterocycles.